The Kier molecular flexibility index (Phi) is 7.43. The molecule has 3 aromatic heterocycles. The predicted octanol–water partition coefficient (Wildman–Crippen LogP) is 6.41. The standard InChI is InChI=1S/C24H18F2N6O3.C3H5F/c1-14-2-3-15(22-28-13-34-31-22)10-19(14)30-23(33)20-12-27-21-11-17(8-9-32(20)21)29-16-4-6-18(7-5-16)35-24(25)26;4-3-1-2-3/h2-13,24,29H,1H3,(H,30,33);3H,1-2H2. The Morgan fingerprint density at radius 2 is 1.85 bits per heavy atom. The van der Waals surface area contributed by atoms with Crippen LogP contribution in [0.25, 0.3) is 17.0 Å². The van der Waals surface area contributed by atoms with Gasteiger partial charge >= 0.3 is 6.61 Å². The molecule has 5 aromatic rings. The fourth-order valence-electron chi connectivity index (χ4n) is 3.56. The van der Waals surface area contributed by atoms with Gasteiger partial charge in [-0.1, -0.05) is 17.3 Å². The molecule has 0 aliphatic heterocycles. The number of ether oxygens (including phenoxy) is 1. The first-order chi connectivity index (χ1) is 18.9. The molecule has 12 heteroatoms. The van der Waals surface area contributed by atoms with Crippen LogP contribution in [0.15, 0.2) is 77.9 Å². The summed E-state index contributed by atoms with van der Waals surface area (Å²) < 4.78 is 46.5. The van der Waals surface area contributed by atoms with Crippen LogP contribution in [0, 0.1) is 6.92 Å². The quantitative estimate of drug-likeness (QED) is 0.248. The van der Waals surface area contributed by atoms with Gasteiger partial charge in [-0.05, 0) is 61.7 Å². The first-order valence-corrected chi connectivity index (χ1v) is 12.0. The molecule has 0 radical (unpaired) electrons. The molecule has 0 unspecified atom stereocenters. The van der Waals surface area contributed by atoms with Crippen molar-refractivity contribution in [3.63, 3.8) is 0 Å². The average molecular weight is 537 g/mol. The second-order valence-corrected chi connectivity index (χ2v) is 8.73. The van der Waals surface area contributed by atoms with Crippen LogP contribution in [0.4, 0.5) is 30.2 Å². The number of fused-ring (bicyclic) bond motifs is 1. The number of pyridine rings is 1. The van der Waals surface area contributed by atoms with E-state index in [1.165, 1.54) is 24.7 Å². The molecule has 200 valence electrons. The summed E-state index contributed by atoms with van der Waals surface area (Å²) >= 11 is 0. The van der Waals surface area contributed by atoms with Gasteiger partial charge in [0, 0.05) is 34.9 Å². The van der Waals surface area contributed by atoms with Gasteiger partial charge in [-0.3, -0.25) is 9.20 Å². The summed E-state index contributed by atoms with van der Waals surface area (Å²) in [6.07, 6.45) is 5.67. The molecule has 2 N–H and O–H groups in total. The third kappa shape index (κ3) is 6.53. The maximum absolute atomic E-state index is 13.0. The minimum atomic E-state index is -2.87. The second kappa shape index (κ2) is 11.3. The largest absolute Gasteiger partial charge is 0.435 e. The summed E-state index contributed by atoms with van der Waals surface area (Å²) in [7, 11) is 0. The number of anilines is 3. The van der Waals surface area contributed by atoms with Crippen LogP contribution in [-0.4, -0.2) is 38.2 Å². The minimum Gasteiger partial charge on any atom is -0.435 e. The van der Waals surface area contributed by atoms with E-state index < -0.39 is 12.8 Å². The van der Waals surface area contributed by atoms with Gasteiger partial charge in [-0.25, -0.2) is 9.37 Å². The summed E-state index contributed by atoms with van der Waals surface area (Å²) in [4.78, 5) is 21.4. The van der Waals surface area contributed by atoms with E-state index in [1.54, 1.807) is 40.9 Å². The molecule has 0 atom stereocenters. The van der Waals surface area contributed by atoms with E-state index >= 15 is 0 Å². The van der Waals surface area contributed by atoms with Crippen molar-refractivity contribution in [1.82, 2.24) is 19.5 Å². The Bertz CT molecular complexity index is 1570. The molecule has 0 saturated heterocycles. The lowest BCUT2D eigenvalue weighted by atomic mass is 10.1. The molecule has 1 amide bonds. The number of nitrogens with zero attached hydrogens (tertiary/aromatic N) is 4. The lowest BCUT2D eigenvalue weighted by Crippen LogP contribution is -2.15. The van der Waals surface area contributed by atoms with E-state index in [-0.39, 0.29) is 11.7 Å². The van der Waals surface area contributed by atoms with Crippen LogP contribution in [0.1, 0.15) is 28.9 Å². The van der Waals surface area contributed by atoms with E-state index in [2.05, 4.69) is 30.5 Å². The fraction of sp³-hybridized carbons (Fsp3) is 0.185. The number of carbonyl (C=O) groups excluding carboxylic acids is 1. The number of aromatic nitrogens is 4. The third-order valence-corrected chi connectivity index (χ3v) is 5.73. The summed E-state index contributed by atoms with van der Waals surface area (Å²) in [5.74, 6) is 0.163. The van der Waals surface area contributed by atoms with Crippen LogP contribution in [0.2, 0.25) is 0 Å². The van der Waals surface area contributed by atoms with E-state index in [0.29, 0.717) is 39.8 Å². The van der Waals surface area contributed by atoms with Crippen molar-refractivity contribution in [3.8, 4) is 17.1 Å². The number of imidazole rings is 1. The Balaban J connectivity index is 0.000000707. The molecule has 0 spiro atoms. The predicted molar refractivity (Wildman–Crippen MR) is 138 cm³/mol. The molecule has 3 heterocycles. The normalized spacial score (nSPS) is 12.6. The highest BCUT2D eigenvalue weighted by Crippen LogP contribution is 2.25. The average Bonchev–Trinajstić information content (AvgIpc) is 3.35. The zero-order valence-electron chi connectivity index (χ0n) is 20.6. The Morgan fingerprint density at radius 1 is 1.08 bits per heavy atom. The van der Waals surface area contributed by atoms with Gasteiger partial charge in [0.25, 0.3) is 5.91 Å². The third-order valence-electron chi connectivity index (χ3n) is 5.73. The van der Waals surface area contributed by atoms with Crippen molar-refractivity contribution in [3.05, 3.63) is 84.6 Å². The summed E-state index contributed by atoms with van der Waals surface area (Å²) in [6, 6.07) is 15.2. The Hall–Kier alpha value is -4.87. The number of alkyl halides is 3. The van der Waals surface area contributed by atoms with Gasteiger partial charge in [0.15, 0.2) is 0 Å². The molecule has 1 fully saturated rings. The van der Waals surface area contributed by atoms with Crippen molar-refractivity contribution in [2.75, 3.05) is 10.6 Å². The summed E-state index contributed by atoms with van der Waals surface area (Å²) in [5, 5.41) is 9.90. The van der Waals surface area contributed by atoms with Crippen LogP contribution in [0.3, 0.4) is 0 Å². The van der Waals surface area contributed by atoms with Crippen LogP contribution in [-0.2, 0) is 0 Å². The van der Waals surface area contributed by atoms with Gasteiger partial charge < -0.3 is 19.9 Å². The fourth-order valence-corrected chi connectivity index (χ4v) is 3.56. The Labute approximate surface area is 220 Å². The molecule has 1 aliphatic carbocycles. The number of hydrogen-bond donors (Lipinski definition) is 2. The smallest absolute Gasteiger partial charge is 0.387 e. The number of carbonyl (C=O) groups is 1. The highest BCUT2D eigenvalue weighted by atomic mass is 19.3. The molecule has 1 aliphatic rings. The molecular weight excluding hydrogens is 513 g/mol. The van der Waals surface area contributed by atoms with Crippen molar-refractivity contribution in [2.24, 2.45) is 0 Å². The molecule has 0 bridgehead atoms. The molecule has 1 saturated carbocycles. The van der Waals surface area contributed by atoms with E-state index in [1.807, 2.05) is 19.1 Å². The molecule has 2 aromatic carbocycles. The number of benzene rings is 2. The number of aryl methyl sites for hydroxylation is 1. The SMILES string of the molecule is Cc1ccc(-c2ncon2)cc1NC(=O)c1cnc2cc(Nc3ccc(OC(F)F)cc3)ccn12.FC1CC1. The van der Waals surface area contributed by atoms with Gasteiger partial charge in [-0.15, -0.1) is 0 Å². The van der Waals surface area contributed by atoms with E-state index in [9.17, 15) is 18.0 Å². The number of rotatable bonds is 7. The number of nitrogens with one attached hydrogen (secondary N) is 2. The van der Waals surface area contributed by atoms with Crippen molar-refractivity contribution in [2.45, 2.75) is 32.5 Å². The van der Waals surface area contributed by atoms with Gasteiger partial charge in [0.2, 0.25) is 12.2 Å². The molecule has 39 heavy (non-hydrogen) atoms. The van der Waals surface area contributed by atoms with Crippen molar-refractivity contribution in [1.29, 1.82) is 0 Å². The van der Waals surface area contributed by atoms with E-state index in [4.69, 9.17) is 4.52 Å². The second-order valence-electron chi connectivity index (χ2n) is 8.73. The minimum absolute atomic E-state index is 0.0722. The van der Waals surface area contributed by atoms with Gasteiger partial charge in [0.05, 0.1) is 6.20 Å². The highest BCUT2D eigenvalue weighted by molar-refractivity contribution is 6.04. The number of hydrogen-bond acceptors (Lipinski definition) is 7. The maximum Gasteiger partial charge on any atom is 0.387 e. The number of halogens is 3. The monoisotopic (exact) mass is 536 g/mol. The Morgan fingerprint density at radius 3 is 2.51 bits per heavy atom. The van der Waals surface area contributed by atoms with Gasteiger partial charge in [0.1, 0.15) is 23.3 Å². The zero-order valence-corrected chi connectivity index (χ0v) is 20.6. The highest BCUT2D eigenvalue weighted by Gasteiger charge is 2.18. The molecular formula is C27H23F3N6O3. The van der Waals surface area contributed by atoms with Crippen LogP contribution >= 0.6 is 0 Å². The lowest BCUT2D eigenvalue weighted by molar-refractivity contribution is -0.0498. The molecule has 9 nitrogen and oxygen atoms in total. The van der Waals surface area contributed by atoms with Gasteiger partial charge in [-0.2, -0.15) is 13.8 Å². The maximum atomic E-state index is 13.0. The first kappa shape index (κ1) is 25.8. The lowest BCUT2D eigenvalue weighted by Gasteiger charge is -2.10. The topological polar surface area (TPSA) is 107 Å². The van der Waals surface area contributed by atoms with E-state index in [0.717, 1.165) is 18.4 Å². The summed E-state index contributed by atoms with van der Waals surface area (Å²) in [6.45, 7) is -0.991. The van der Waals surface area contributed by atoms with Crippen molar-refractivity contribution < 1.29 is 27.2 Å². The van der Waals surface area contributed by atoms with Crippen molar-refractivity contribution >= 4 is 28.6 Å². The summed E-state index contributed by atoms with van der Waals surface area (Å²) in [5.41, 5.74) is 4.49. The number of amides is 1. The first-order valence-electron chi connectivity index (χ1n) is 12.0. The zero-order chi connectivity index (χ0) is 27.4. The van der Waals surface area contributed by atoms with Crippen LogP contribution < -0.4 is 15.4 Å². The van der Waals surface area contributed by atoms with Crippen LogP contribution in [0.5, 0.6) is 5.75 Å². The molecule has 6 rings (SSSR count).